The van der Waals surface area contributed by atoms with Gasteiger partial charge in [-0.05, 0) is 27.2 Å². The Labute approximate surface area is 148 Å². The van der Waals surface area contributed by atoms with Gasteiger partial charge in [0.25, 0.3) is 0 Å². The Morgan fingerprint density at radius 3 is 2.96 bits per heavy atom. The molecule has 3 rings (SSSR count). The van der Waals surface area contributed by atoms with E-state index in [9.17, 15) is 14.4 Å². The Balaban J connectivity index is 1.73. The van der Waals surface area contributed by atoms with Crippen molar-refractivity contribution in [1.82, 2.24) is 9.88 Å². The van der Waals surface area contributed by atoms with Gasteiger partial charge < -0.3 is 15.0 Å². The minimum atomic E-state index is -0.495. The molecule has 2 amide bonds. The molecule has 130 valence electrons. The number of anilines is 1. The molecule has 0 bridgehead atoms. The maximum absolute atomic E-state index is 12.6. The van der Waals surface area contributed by atoms with Gasteiger partial charge in [0.05, 0.1) is 17.2 Å². The molecule has 2 fully saturated rings. The Bertz CT molecular complexity index is 705. The largest absolute Gasteiger partial charge is 0.462 e. The van der Waals surface area contributed by atoms with E-state index < -0.39 is 12.0 Å². The first-order valence-corrected chi connectivity index (χ1v) is 9.57. The van der Waals surface area contributed by atoms with Crippen LogP contribution in [0.4, 0.5) is 5.13 Å². The average Bonchev–Trinajstić information content (AvgIpc) is 3.14. The van der Waals surface area contributed by atoms with E-state index in [1.807, 2.05) is 6.92 Å². The Hall–Kier alpha value is -1.61. The summed E-state index contributed by atoms with van der Waals surface area (Å²) in [5.41, 5.74) is 0.525. The number of aryl methyl sites for hydroxylation is 1. The van der Waals surface area contributed by atoms with Gasteiger partial charge in [0.15, 0.2) is 5.13 Å². The van der Waals surface area contributed by atoms with Crippen molar-refractivity contribution in [1.29, 1.82) is 0 Å². The molecule has 24 heavy (non-hydrogen) atoms. The molecular formula is C15H19N3O4S2. The van der Waals surface area contributed by atoms with Crippen molar-refractivity contribution in [2.75, 3.05) is 17.7 Å². The van der Waals surface area contributed by atoms with Crippen molar-refractivity contribution in [3.8, 4) is 0 Å². The molecule has 2 aliphatic rings. The molecule has 0 unspecified atom stereocenters. The van der Waals surface area contributed by atoms with Gasteiger partial charge in [-0.1, -0.05) is 11.3 Å². The molecule has 0 aliphatic carbocycles. The van der Waals surface area contributed by atoms with Crippen molar-refractivity contribution in [2.45, 2.75) is 44.5 Å². The number of carbonyl (C=O) groups is 3. The highest BCUT2D eigenvalue weighted by atomic mass is 32.2. The predicted octanol–water partition coefficient (Wildman–Crippen LogP) is 2.02. The Kier molecular flexibility index (Phi) is 4.56. The lowest BCUT2D eigenvalue weighted by molar-refractivity contribution is -0.135. The minimum Gasteiger partial charge on any atom is -0.462 e. The van der Waals surface area contributed by atoms with Gasteiger partial charge in [-0.15, -0.1) is 11.8 Å². The zero-order chi connectivity index (χ0) is 17.5. The number of esters is 1. The number of carbonyl (C=O) groups excluding carboxylic acids is 3. The maximum Gasteiger partial charge on any atom is 0.350 e. The van der Waals surface area contributed by atoms with Gasteiger partial charge in [0.1, 0.15) is 10.9 Å². The molecule has 0 radical (unpaired) electrons. The standard InChI is InChI=1S/C15H19N3O4S2/c1-4-22-13(21)11-8(2)16-14(24-11)17-12(20)9-7-23-15(3)6-5-10(19)18(9)15/h9H,4-7H2,1-3H3,(H,16,17,20)/t9-,15-/m0/s1. The molecule has 1 N–H and O–H groups in total. The summed E-state index contributed by atoms with van der Waals surface area (Å²) >= 11 is 2.73. The van der Waals surface area contributed by atoms with Gasteiger partial charge in [0, 0.05) is 12.2 Å². The molecular weight excluding hydrogens is 350 g/mol. The molecule has 2 saturated heterocycles. The highest BCUT2D eigenvalue weighted by Crippen LogP contribution is 2.47. The minimum absolute atomic E-state index is 0.0187. The van der Waals surface area contributed by atoms with Crippen LogP contribution in [-0.4, -0.2) is 50.9 Å². The number of fused-ring (bicyclic) bond motifs is 1. The number of nitrogens with zero attached hydrogens (tertiary/aromatic N) is 2. The summed E-state index contributed by atoms with van der Waals surface area (Å²) in [6.07, 6.45) is 1.25. The fraction of sp³-hybridized carbons (Fsp3) is 0.600. The van der Waals surface area contributed by atoms with Crippen LogP contribution in [0.3, 0.4) is 0 Å². The van der Waals surface area contributed by atoms with Crippen molar-refractivity contribution >= 4 is 46.0 Å². The molecule has 7 nitrogen and oxygen atoms in total. The maximum atomic E-state index is 12.6. The molecule has 0 saturated carbocycles. The second-order valence-electron chi connectivity index (χ2n) is 5.91. The molecule has 0 aromatic carbocycles. The van der Waals surface area contributed by atoms with Crippen molar-refractivity contribution in [3.05, 3.63) is 10.6 Å². The summed E-state index contributed by atoms with van der Waals surface area (Å²) in [5.74, 6) is -0.106. The summed E-state index contributed by atoms with van der Waals surface area (Å²) < 4.78 is 4.97. The highest BCUT2D eigenvalue weighted by Gasteiger charge is 2.53. The summed E-state index contributed by atoms with van der Waals surface area (Å²) in [6.45, 7) is 5.72. The van der Waals surface area contributed by atoms with Crippen LogP contribution in [0.15, 0.2) is 0 Å². The molecule has 3 heterocycles. The van der Waals surface area contributed by atoms with E-state index in [0.717, 1.165) is 17.8 Å². The normalized spacial score (nSPS) is 25.7. The van der Waals surface area contributed by atoms with Crippen molar-refractivity contribution < 1.29 is 19.1 Å². The summed E-state index contributed by atoms with van der Waals surface area (Å²) in [6, 6.07) is -0.495. The molecule has 1 aromatic heterocycles. The van der Waals surface area contributed by atoms with Crippen LogP contribution in [0, 0.1) is 6.92 Å². The van der Waals surface area contributed by atoms with Gasteiger partial charge in [-0.3, -0.25) is 9.59 Å². The monoisotopic (exact) mass is 369 g/mol. The number of ether oxygens (including phenoxy) is 1. The van der Waals surface area contributed by atoms with Crippen molar-refractivity contribution in [2.24, 2.45) is 0 Å². The second kappa shape index (κ2) is 6.36. The molecule has 2 atom stereocenters. The smallest absolute Gasteiger partial charge is 0.350 e. The second-order valence-corrected chi connectivity index (χ2v) is 8.41. The van der Waals surface area contributed by atoms with E-state index in [1.165, 1.54) is 0 Å². The first kappa shape index (κ1) is 17.2. The van der Waals surface area contributed by atoms with E-state index in [0.29, 0.717) is 27.9 Å². The Morgan fingerprint density at radius 2 is 2.25 bits per heavy atom. The molecule has 9 heteroatoms. The third-order valence-corrected chi connectivity index (χ3v) is 6.79. The fourth-order valence-electron chi connectivity index (χ4n) is 3.04. The predicted molar refractivity (Wildman–Crippen MR) is 92.2 cm³/mol. The van der Waals surface area contributed by atoms with E-state index in [1.54, 1.807) is 30.5 Å². The fourth-order valence-corrected chi connectivity index (χ4v) is 5.33. The van der Waals surface area contributed by atoms with Gasteiger partial charge in [0.2, 0.25) is 11.8 Å². The zero-order valence-corrected chi connectivity index (χ0v) is 15.4. The number of hydrogen-bond donors (Lipinski definition) is 1. The summed E-state index contributed by atoms with van der Waals surface area (Å²) in [5, 5.41) is 3.10. The number of rotatable bonds is 4. The quantitative estimate of drug-likeness (QED) is 0.817. The summed E-state index contributed by atoms with van der Waals surface area (Å²) in [7, 11) is 0. The van der Waals surface area contributed by atoms with Crippen LogP contribution in [0.25, 0.3) is 0 Å². The van der Waals surface area contributed by atoms with Crippen LogP contribution in [0.5, 0.6) is 0 Å². The van der Waals surface area contributed by atoms with Crippen molar-refractivity contribution in [3.63, 3.8) is 0 Å². The van der Waals surface area contributed by atoms with Crippen LogP contribution in [0.1, 0.15) is 42.1 Å². The van der Waals surface area contributed by atoms with Crippen LogP contribution < -0.4 is 5.32 Å². The topological polar surface area (TPSA) is 88.6 Å². The first-order chi connectivity index (χ1) is 11.4. The molecule has 1 aromatic rings. The van der Waals surface area contributed by atoms with Gasteiger partial charge in [-0.25, -0.2) is 9.78 Å². The van der Waals surface area contributed by atoms with Crippen LogP contribution in [-0.2, 0) is 14.3 Å². The van der Waals surface area contributed by atoms with Gasteiger partial charge >= 0.3 is 5.97 Å². The molecule has 2 aliphatic heterocycles. The average molecular weight is 369 g/mol. The molecule has 0 spiro atoms. The summed E-state index contributed by atoms with van der Waals surface area (Å²) in [4.78, 5) is 42.6. The Morgan fingerprint density at radius 1 is 1.50 bits per heavy atom. The third kappa shape index (κ3) is 2.90. The zero-order valence-electron chi connectivity index (χ0n) is 13.7. The van der Waals surface area contributed by atoms with E-state index >= 15 is 0 Å². The van der Waals surface area contributed by atoms with Crippen LogP contribution >= 0.6 is 23.1 Å². The third-order valence-electron chi connectivity index (χ3n) is 4.24. The lowest BCUT2D eigenvalue weighted by atomic mass is 10.2. The van der Waals surface area contributed by atoms with Crippen LogP contribution in [0.2, 0.25) is 0 Å². The van der Waals surface area contributed by atoms with E-state index in [-0.39, 0.29) is 23.3 Å². The lowest BCUT2D eigenvalue weighted by Crippen LogP contribution is -2.48. The van der Waals surface area contributed by atoms with E-state index in [4.69, 9.17) is 4.74 Å². The van der Waals surface area contributed by atoms with E-state index in [2.05, 4.69) is 10.3 Å². The number of thioether (sulfide) groups is 1. The van der Waals surface area contributed by atoms with Gasteiger partial charge in [-0.2, -0.15) is 0 Å². The number of thiazole rings is 1. The number of nitrogens with one attached hydrogen (secondary N) is 1. The number of aromatic nitrogens is 1. The highest BCUT2D eigenvalue weighted by molar-refractivity contribution is 8.01. The number of hydrogen-bond acceptors (Lipinski definition) is 7. The lowest BCUT2D eigenvalue weighted by Gasteiger charge is -2.29. The number of amides is 2. The first-order valence-electron chi connectivity index (χ1n) is 7.77. The SMILES string of the molecule is CCOC(=O)c1sc(NC(=O)[C@@H]2CS[C@@]3(C)CCC(=O)N23)nc1C.